The number of nitrogens with one attached hydrogen (secondary N) is 2. The zero-order chi connectivity index (χ0) is 19.1. The van der Waals surface area contributed by atoms with Crippen molar-refractivity contribution < 1.29 is 14.3 Å². The average Bonchev–Trinajstić information content (AvgIpc) is 3.00. The van der Waals surface area contributed by atoms with Gasteiger partial charge in [0.05, 0.1) is 13.2 Å². The van der Waals surface area contributed by atoms with Crippen LogP contribution in [0.2, 0.25) is 0 Å². The topological polar surface area (TPSA) is 59.6 Å². The van der Waals surface area contributed by atoms with Crippen LogP contribution < -0.4 is 20.1 Å². The lowest BCUT2D eigenvalue weighted by Crippen LogP contribution is -2.21. The fourth-order valence-corrected chi connectivity index (χ4v) is 2.77. The Labute approximate surface area is 164 Å². The Morgan fingerprint density at radius 3 is 2.04 bits per heavy atom. The second kappa shape index (κ2) is 9.19. The minimum Gasteiger partial charge on any atom is -0.493 e. The highest BCUT2D eigenvalue weighted by Crippen LogP contribution is 2.16. The van der Waals surface area contributed by atoms with Gasteiger partial charge in [0.15, 0.2) is 5.11 Å². The van der Waals surface area contributed by atoms with Gasteiger partial charge in [0.2, 0.25) is 0 Å². The zero-order valence-corrected chi connectivity index (χ0v) is 16.0. The van der Waals surface area contributed by atoms with Gasteiger partial charge in [0.25, 0.3) is 5.91 Å². The van der Waals surface area contributed by atoms with E-state index in [0.29, 0.717) is 24.0 Å². The van der Waals surface area contributed by atoms with Crippen molar-refractivity contribution in [2.45, 2.75) is 19.8 Å². The van der Waals surface area contributed by atoms with Gasteiger partial charge >= 0.3 is 0 Å². The van der Waals surface area contributed by atoms with E-state index >= 15 is 0 Å². The van der Waals surface area contributed by atoms with Crippen molar-refractivity contribution in [1.82, 2.24) is 10.6 Å². The van der Waals surface area contributed by atoms with E-state index < -0.39 is 0 Å². The second-order valence-electron chi connectivity index (χ2n) is 6.08. The number of thiocarbonyl (C=S) groups is 1. The summed E-state index contributed by atoms with van der Waals surface area (Å²) in [5, 5.41) is 5.68. The van der Waals surface area contributed by atoms with Crippen molar-refractivity contribution in [3.63, 3.8) is 0 Å². The van der Waals surface area contributed by atoms with Crippen LogP contribution in [0.5, 0.6) is 11.5 Å². The summed E-state index contributed by atoms with van der Waals surface area (Å²) in [6.07, 6.45) is 3.57. The molecular weight excluding hydrogens is 360 g/mol. The van der Waals surface area contributed by atoms with E-state index in [9.17, 15) is 4.79 Å². The third-order valence-electron chi connectivity index (χ3n) is 4.07. The number of hydrogen-bond acceptors (Lipinski definition) is 4. The van der Waals surface area contributed by atoms with Crippen molar-refractivity contribution in [3.05, 3.63) is 65.4 Å². The molecule has 0 spiro atoms. The van der Waals surface area contributed by atoms with Gasteiger partial charge in [-0.25, -0.2) is 0 Å². The molecule has 0 saturated carbocycles. The predicted molar refractivity (Wildman–Crippen MR) is 110 cm³/mol. The first kappa shape index (κ1) is 18.9. The van der Waals surface area contributed by atoms with Crippen molar-refractivity contribution in [3.8, 4) is 11.5 Å². The molecule has 1 aliphatic heterocycles. The highest BCUT2D eigenvalue weighted by Gasteiger charge is 2.19. The molecule has 0 aromatic heterocycles. The molecule has 0 radical (unpaired) electrons. The Morgan fingerprint density at radius 1 is 0.926 bits per heavy atom. The molecule has 0 bridgehead atoms. The maximum absolute atomic E-state index is 11.6. The van der Waals surface area contributed by atoms with Crippen LogP contribution in [-0.2, 0) is 11.2 Å². The highest BCUT2D eigenvalue weighted by atomic mass is 32.1. The van der Waals surface area contributed by atoms with E-state index in [1.165, 1.54) is 5.56 Å². The highest BCUT2D eigenvalue weighted by molar-refractivity contribution is 7.80. The molecule has 27 heavy (non-hydrogen) atoms. The van der Waals surface area contributed by atoms with E-state index in [4.69, 9.17) is 21.7 Å². The number of carbonyl (C=O) groups is 1. The van der Waals surface area contributed by atoms with Gasteiger partial charge in [-0.15, -0.1) is 0 Å². The quantitative estimate of drug-likeness (QED) is 0.416. The van der Waals surface area contributed by atoms with Crippen LogP contribution in [0.15, 0.2) is 54.2 Å². The lowest BCUT2D eigenvalue weighted by molar-refractivity contribution is -0.115. The van der Waals surface area contributed by atoms with Gasteiger partial charge in [-0.05, 0) is 60.1 Å². The molecule has 5 nitrogen and oxygen atoms in total. The monoisotopic (exact) mass is 382 g/mol. The summed E-state index contributed by atoms with van der Waals surface area (Å²) < 4.78 is 11.4. The molecule has 1 aliphatic rings. The average molecular weight is 382 g/mol. The third-order valence-corrected chi connectivity index (χ3v) is 4.27. The molecule has 2 aromatic rings. The number of carbonyl (C=O) groups excluding carboxylic acids is 1. The first-order valence-electron chi connectivity index (χ1n) is 8.92. The van der Waals surface area contributed by atoms with Crippen LogP contribution in [0.4, 0.5) is 0 Å². The predicted octanol–water partition coefficient (Wildman–Crippen LogP) is 3.44. The number of hydrogen-bond donors (Lipinski definition) is 2. The smallest absolute Gasteiger partial charge is 0.273 e. The van der Waals surface area contributed by atoms with Crippen molar-refractivity contribution in [1.29, 1.82) is 0 Å². The van der Waals surface area contributed by atoms with E-state index in [1.807, 2.05) is 36.4 Å². The molecule has 140 valence electrons. The number of aryl methyl sites for hydroxylation is 1. The fourth-order valence-electron chi connectivity index (χ4n) is 2.57. The molecule has 3 rings (SSSR count). The molecular formula is C21H22N2O3S. The minimum absolute atomic E-state index is 0.218. The number of benzene rings is 2. The van der Waals surface area contributed by atoms with Crippen LogP contribution in [0, 0.1) is 0 Å². The zero-order valence-electron chi connectivity index (χ0n) is 15.2. The summed E-state index contributed by atoms with van der Waals surface area (Å²) in [4.78, 5) is 11.6. The summed E-state index contributed by atoms with van der Waals surface area (Å²) in [7, 11) is 0. The Morgan fingerprint density at radius 2 is 1.52 bits per heavy atom. The molecule has 1 amide bonds. The van der Waals surface area contributed by atoms with E-state index in [1.54, 1.807) is 6.08 Å². The van der Waals surface area contributed by atoms with Crippen LogP contribution in [0.25, 0.3) is 6.08 Å². The molecule has 1 saturated heterocycles. The minimum atomic E-state index is -0.218. The number of rotatable bonds is 8. The van der Waals surface area contributed by atoms with Crippen LogP contribution in [-0.4, -0.2) is 24.2 Å². The molecule has 0 atom stereocenters. The Bertz CT molecular complexity index is 830. The SMILES string of the molecule is CCc1ccc(OCCCOc2ccc(C=C3NC(=S)NC3=O)cc2)cc1. The summed E-state index contributed by atoms with van der Waals surface area (Å²) in [6, 6.07) is 15.7. The third kappa shape index (κ3) is 5.56. The lowest BCUT2D eigenvalue weighted by atomic mass is 10.2. The van der Waals surface area contributed by atoms with Gasteiger partial charge in [0, 0.05) is 6.42 Å². The van der Waals surface area contributed by atoms with Crippen LogP contribution in [0.3, 0.4) is 0 Å². The van der Waals surface area contributed by atoms with Crippen molar-refractivity contribution in [2.24, 2.45) is 0 Å². The Hall–Kier alpha value is -2.86. The second-order valence-corrected chi connectivity index (χ2v) is 6.49. The van der Waals surface area contributed by atoms with E-state index in [2.05, 4.69) is 29.7 Å². The van der Waals surface area contributed by atoms with Gasteiger partial charge in [-0.1, -0.05) is 31.2 Å². The summed E-state index contributed by atoms with van der Waals surface area (Å²) in [6.45, 7) is 3.32. The first-order chi connectivity index (χ1) is 13.1. The molecule has 6 heteroatoms. The largest absolute Gasteiger partial charge is 0.493 e. The van der Waals surface area contributed by atoms with Crippen molar-refractivity contribution in [2.75, 3.05) is 13.2 Å². The van der Waals surface area contributed by atoms with Gasteiger partial charge in [-0.2, -0.15) is 0 Å². The van der Waals surface area contributed by atoms with Gasteiger partial charge in [0.1, 0.15) is 17.2 Å². The fraction of sp³-hybridized carbons (Fsp3) is 0.238. The summed E-state index contributed by atoms with van der Waals surface area (Å²) in [5.41, 5.74) is 2.64. The Balaban J connectivity index is 1.40. The summed E-state index contributed by atoms with van der Waals surface area (Å²) in [5.74, 6) is 1.45. The maximum Gasteiger partial charge on any atom is 0.273 e. The molecule has 1 heterocycles. The van der Waals surface area contributed by atoms with Gasteiger partial charge < -0.3 is 14.8 Å². The molecule has 2 N–H and O–H groups in total. The molecule has 1 fully saturated rings. The maximum atomic E-state index is 11.6. The van der Waals surface area contributed by atoms with Crippen LogP contribution in [0.1, 0.15) is 24.5 Å². The first-order valence-corrected chi connectivity index (χ1v) is 9.33. The Kier molecular flexibility index (Phi) is 6.44. The van der Waals surface area contributed by atoms with Gasteiger partial charge in [-0.3, -0.25) is 10.1 Å². The molecule has 0 aliphatic carbocycles. The molecule has 2 aromatic carbocycles. The van der Waals surface area contributed by atoms with E-state index in [-0.39, 0.29) is 5.91 Å². The summed E-state index contributed by atoms with van der Waals surface area (Å²) >= 11 is 4.91. The lowest BCUT2D eigenvalue weighted by Gasteiger charge is -2.09. The van der Waals surface area contributed by atoms with E-state index in [0.717, 1.165) is 29.9 Å². The molecule has 0 unspecified atom stereocenters. The number of ether oxygens (including phenoxy) is 2. The number of amides is 1. The standard InChI is InChI=1S/C21H22N2O3S/c1-2-15-4-8-17(9-5-15)25-12-3-13-26-18-10-6-16(7-11-18)14-19-20(24)23-21(27)22-19/h4-11,14H,2-3,12-13H2,1H3,(H2,22,23,24,27). The van der Waals surface area contributed by atoms with Crippen LogP contribution >= 0.6 is 12.2 Å². The van der Waals surface area contributed by atoms with Crippen molar-refractivity contribution >= 4 is 29.3 Å². The normalized spacial score (nSPS) is 14.8.